The van der Waals surface area contributed by atoms with Gasteiger partial charge in [0.2, 0.25) is 10.0 Å². The Morgan fingerprint density at radius 3 is 2.68 bits per heavy atom. The first-order valence-electron chi connectivity index (χ1n) is 6.60. The molecule has 0 N–H and O–H groups in total. The second kappa shape index (κ2) is 6.03. The van der Waals surface area contributed by atoms with E-state index < -0.39 is 10.0 Å². The predicted molar refractivity (Wildman–Crippen MR) is 75.4 cm³/mol. The lowest BCUT2D eigenvalue weighted by atomic mass is 10.0. The molecule has 19 heavy (non-hydrogen) atoms. The number of fused-ring (bicyclic) bond motifs is 1. The highest BCUT2D eigenvalue weighted by Gasteiger charge is 2.26. The maximum atomic E-state index is 12.4. The first kappa shape index (κ1) is 14.5. The van der Waals surface area contributed by atoms with Gasteiger partial charge in [0.05, 0.1) is 11.9 Å². The molecule has 5 heteroatoms. The van der Waals surface area contributed by atoms with Gasteiger partial charge < -0.3 is 4.74 Å². The molecule has 1 aliphatic heterocycles. The Labute approximate surface area is 115 Å². The maximum absolute atomic E-state index is 12.4. The molecule has 0 aromatic heterocycles. The van der Waals surface area contributed by atoms with Crippen molar-refractivity contribution in [3.63, 3.8) is 0 Å². The SMILES string of the molecule is CO[C@@H](C)CS(=O)(=O)N1CCCc2ccccc2C1. The van der Waals surface area contributed by atoms with Gasteiger partial charge in [-0.25, -0.2) is 8.42 Å². The van der Waals surface area contributed by atoms with E-state index in [1.54, 1.807) is 11.2 Å². The van der Waals surface area contributed by atoms with Crippen LogP contribution in [0.4, 0.5) is 0 Å². The van der Waals surface area contributed by atoms with E-state index in [0.717, 1.165) is 18.4 Å². The minimum atomic E-state index is -3.25. The summed E-state index contributed by atoms with van der Waals surface area (Å²) in [5, 5.41) is 0. The third kappa shape index (κ3) is 3.55. The number of benzene rings is 1. The summed E-state index contributed by atoms with van der Waals surface area (Å²) in [4.78, 5) is 0. The molecule has 1 heterocycles. The van der Waals surface area contributed by atoms with Crippen LogP contribution in [0.2, 0.25) is 0 Å². The van der Waals surface area contributed by atoms with E-state index in [1.807, 2.05) is 18.2 Å². The molecule has 0 unspecified atom stereocenters. The van der Waals surface area contributed by atoms with Crippen molar-refractivity contribution in [1.82, 2.24) is 4.31 Å². The van der Waals surface area contributed by atoms with Crippen molar-refractivity contribution >= 4 is 10.0 Å². The average Bonchev–Trinajstić information content (AvgIpc) is 2.60. The van der Waals surface area contributed by atoms with Crippen LogP contribution in [-0.4, -0.2) is 38.2 Å². The Balaban J connectivity index is 2.18. The van der Waals surface area contributed by atoms with Crippen LogP contribution in [0.25, 0.3) is 0 Å². The molecule has 2 rings (SSSR count). The molecule has 0 aliphatic carbocycles. The smallest absolute Gasteiger partial charge is 0.216 e. The first-order chi connectivity index (χ1) is 9.03. The highest BCUT2D eigenvalue weighted by molar-refractivity contribution is 7.89. The fourth-order valence-electron chi connectivity index (χ4n) is 2.38. The van der Waals surface area contributed by atoms with Crippen molar-refractivity contribution < 1.29 is 13.2 Å². The van der Waals surface area contributed by atoms with E-state index in [2.05, 4.69) is 6.07 Å². The minimum absolute atomic E-state index is 0.0473. The van der Waals surface area contributed by atoms with Gasteiger partial charge in [-0.05, 0) is 30.9 Å². The molecular weight excluding hydrogens is 262 g/mol. The molecule has 1 atom stereocenters. The van der Waals surface area contributed by atoms with Crippen LogP contribution in [0.3, 0.4) is 0 Å². The van der Waals surface area contributed by atoms with Crippen molar-refractivity contribution in [3.05, 3.63) is 35.4 Å². The molecular formula is C14H21NO3S. The van der Waals surface area contributed by atoms with E-state index >= 15 is 0 Å². The maximum Gasteiger partial charge on any atom is 0.216 e. The summed E-state index contributed by atoms with van der Waals surface area (Å²) < 4.78 is 31.4. The molecule has 0 saturated carbocycles. The molecule has 1 aromatic carbocycles. The van der Waals surface area contributed by atoms with E-state index in [0.29, 0.717) is 13.1 Å². The number of sulfonamides is 1. The topological polar surface area (TPSA) is 46.6 Å². The Kier molecular flexibility index (Phi) is 4.60. The van der Waals surface area contributed by atoms with E-state index in [1.165, 1.54) is 12.7 Å². The summed E-state index contributed by atoms with van der Waals surface area (Å²) in [6, 6.07) is 8.08. The van der Waals surface area contributed by atoms with Crippen molar-refractivity contribution in [3.8, 4) is 0 Å². The van der Waals surface area contributed by atoms with Gasteiger partial charge >= 0.3 is 0 Å². The first-order valence-corrected chi connectivity index (χ1v) is 8.21. The van der Waals surface area contributed by atoms with Gasteiger partial charge in [0.25, 0.3) is 0 Å². The van der Waals surface area contributed by atoms with Crippen molar-refractivity contribution in [2.24, 2.45) is 0 Å². The number of methoxy groups -OCH3 is 1. The molecule has 0 radical (unpaired) electrons. The van der Waals surface area contributed by atoms with E-state index in [-0.39, 0.29) is 11.9 Å². The Bertz CT molecular complexity index is 527. The number of hydrogen-bond acceptors (Lipinski definition) is 3. The fourth-order valence-corrected chi connectivity index (χ4v) is 4.06. The third-order valence-corrected chi connectivity index (χ3v) is 5.55. The zero-order valence-corrected chi connectivity index (χ0v) is 12.3. The molecule has 0 saturated heterocycles. The van der Waals surface area contributed by atoms with Crippen molar-refractivity contribution in [1.29, 1.82) is 0 Å². The molecule has 0 amide bonds. The summed E-state index contributed by atoms with van der Waals surface area (Å²) in [5.74, 6) is 0.0473. The highest BCUT2D eigenvalue weighted by atomic mass is 32.2. The van der Waals surface area contributed by atoms with Crippen LogP contribution in [0.5, 0.6) is 0 Å². The van der Waals surface area contributed by atoms with Gasteiger partial charge in [-0.2, -0.15) is 4.31 Å². The molecule has 0 fully saturated rings. The zero-order valence-electron chi connectivity index (χ0n) is 11.5. The molecule has 1 aromatic rings. The third-order valence-electron chi connectivity index (χ3n) is 3.56. The quantitative estimate of drug-likeness (QED) is 0.846. The van der Waals surface area contributed by atoms with E-state index in [4.69, 9.17) is 4.74 Å². The van der Waals surface area contributed by atoms with Crippen LogP contribution in [-0.2, 0) is 27.7 Å². The van der Waals surface area contributed by atoms with Crippen LogP contribution in [0.15, 0.2) is 24.3 Å². The summed E-state index contributed by atoms with van der Waals surface area (Å²) in [7, 11) is -1.71. The van der Waals surface area contributed by atoms with E-state index in [9.17, 15) is 8.42 Å². The molecule has 0 bridgehead atoms. The Morgan fingerprint density at radius 2 is 2.00 bits per heavy atom. The lowest BCUT2D eigenvalue weighted by molar-refractivity contribution is 0.135. The van der Waals surface area contributed by atoms with Gasteiger partial charge in [-0.1, -0.05) is 24.3 Å². The van der Waals surface area contributed by atoms with Gasteiger partial charge in [0, 0.05) is 20.2 Å². The fraction of sp³-hybridized carbons (Fsp3) is 0.571. The van der Waals surface area contributed by atoms with Crippen molar-refractivity contribution in [2.45, 2.75) is 32.4 Å². The summed E-state index contributed by atoms with van der Waals surface area (Å²) in [6.07, 6.45) is 1.54. The van der Waals surface area contributed by atoms with Gasteiger partial charge in [0.1, 0.15) is 0 Å². The molecule has 1 aliphatic rings. The molecule has 4 nitrogen and oxygen atoms in total. The number of rotatable bonds is 4. The standard InChI is InChI=1S/C14H21NO3S/c1-12(18-2)11-19(16,17)15-9-5-8-13-6-3-4-7-14(13)10-15/h3-4,6-7,12H,5,8-11H2,1-2H3/t12-/m0/s1. The Hall–Kier alpha value is -0.910. The largest absolute Gasteiger partial charge is 0.381 e. The minimum Gasteiger partial charge on any atom is -0.381 e. The second-order valence-corrected chi connectivity index (χ2v) is 7.04. The Morgan fingerprint density at radius 1 is 1.32 bits per heavy atom. The van der Waals surface area contributed by atoms with Gasteiger partial charge in [0.15, 0.2) is 0 Å². The van der Waals surface area contributed by atoms with Crippen LogP contribution >= 0.6 is 0 Å². The summed E-state index contributed by atoms with van der Waals surface area (Å²) in [5.41, 5.74) is 2.38. The zero-order chi connectivity index (χ0) is 13.9. The van der Waals surface area contributed by atoms with Crippen LogP contribution in [0.1, 0.15) is 24.5 Å². The lowest BCUT2D eigenvalue weighted by Gasteiger charge is -2.22. The lowest BCUT2D eigenvalue weighted by Crippen LogP contribution is -2.36. The van der Waals surface area contributed by atoms with Crippen LogP contribution in [0, 0.1) is 0 Å². The number of aryl methyl sites for hydroxylation is 1. The van der Waals surface area contributed by atoms with Crippen molar-refractivity contribution in [2.75, 3.05) is 19.4 Å². The summed E-state index contributed by atoms with van der Waals surface area (Å²) >= 11 is 0. The normalized spacial score (nSPS) is 18.6. The highest BCUT2D eigenvalue weighted by Crippen LogP contribution is 2.21. The number of hydrogen-bond donors (Lipinski definition) is 0. The number of ether oxygens (including phenoxy) is 1. The summed E-state index contributed by atoms with van der Waals surface area (Å²) in [6.45, 7) is 2.85. The van der Waals surface area contributed by atoms with Gasteiger partial charge in [-0.15, -0.1) is 0 Å². The average molecular weight is 283 g/mol. The van der Waals surface area contributed by atoms with Crippen LogP contribution < -0.4 is 0 Å². The monoisotopic (exact) mass is 283 g/mol. The number of nitrogens with zero attached hydrogens (tertiary/aromatic N) is 1. The van der Waals surface area contributed by atoms with Gasteiger partial charge in [-0.3, -0.25) is 0 Å². The molecule has 106 valence electrons. The predicted octanol–water partition coefficient (Wildman–Crippen LogP) is 1.80. The second-order valence-electron chi connectivity index (χ2n) is 5.03. The molecule has 0 spiro atoms.